The molecule has 29 heavy (non-hydrogen) atoms. The predicted octanol–water partition coefficient (Wildman–Crippen LogP) is 7.68. The van der Waals surface area contributed by atoms with Crippen LogP contribution in [0.3, 0.4) is 0 Å². The van der Waals surface area contributed by atoms with E-state index in [2.05, 4.69) is 106 Å². The van der Waals surface area contributed by atoms with Gasteiger partial charge in [0.15, 0.2) is 0 Å². The molecule has 0 heterocycles. The van der Waals surface area contributed by atoms with Gasteiger partial charge in [-0.05, 0) is 34.9 Å². The minimum absolute atomic E-state index is 0.346. The van der Waals surface area contributed by atoms with Crippen molar-refractivity contribution in [2.75, 3.05) is 0 Å². The lowest BCUT2D eigenvalue weighted by Crippen LogP contribution is -2.26. The molecule has 4 aromatic carbocycles. The summed E-state index contributed by atoms with van der Waals surface area (Å²) < 4.78 is 0. The molecule has 0 aliphatic heterocycles. The third-order valence-electron chi connectivity index (χ3n) is 5.24. The fourth-order valence-electron chi connectivity index (χ4n) is 3.87. The zero-order valence-corrected chi connectivity index (χ0v) is 18.4. The molecule has 0 saturated heterocycles. The topological polar surface area (TPSA) is 20.2 Å². The van der Waals surface area contributed by atoms with E-state index in [9.17, 15) is 5.11 Å². The molecule has 4 rings (SSSR count). The summed E-state index contributed by atoms with van der Waals surface area (Å²) in [5.74, 6) is 0.350. The van der Waals surface area contributed by atoms with Gasteiger partial charge in [-0.2, -0.15) is 0 Å². The van der Waals surface area contributed by atoms with Gasteiger partial charge in [0.25, 0.3) is 0 Å². The van der Waals surface area contributed by atoms with Crippen LogP contribution in [0.5, 0.6) is 5.75 Å². The molecular weight excluding hydrogens is 439 g/mol. The van der Waals surface area contributed by atoms with Crippen LogP contribution in [0.15, 0.2) is 115 Å². The summed E-state index contributed by atoms with van der Waals surface area (Å²) in [6, 6.07) is 39.7. The monoisotopic (exact) mass is 460 g/mol. The van der Waals surface area contributed by atoms with Crippen LogP contribution in [0.1, 0.15) is 22.3 Å². The predicted molar refractivity (Wildman–Crippen MR) is 127 cm³/mol. The zero-order valence-electron chi connectivity index (χ0n) is 15.9. The molecule has 0 aliphatic rings. The Morgan fingerprint density at radius 3 is 1.38 bits per heavy atom. The Balaban J connectivity index is 1.96. The molecule has 3 heteroatoms. The third kappa shape index (κ3) is 3.88. The number of phenolic OH excluding ortho intramolecular Hbond substituents is 1. The van der Waals surface area contributed by atoms with Crippen molar-refractivity contribution in [3.8, 4) is 5.75 Å². The molecule has 0 amide bonds. The Morgan fingerprint density at radius 1 is 0.586 bits per heavy atom. The van der Waals surface area contributed by atoms with E-state index in [1.54, 1.807) is 6.07 Å². The Morgan fingerprint density at radius 2 is 0.966 bits per heavy atom. The summed E-state index contributed by atoms with van der Waals surface area (Å²) in [6.07, 6.45) is 0.751. The highest BCUT2D eigenvalue weighted by atomic mass is 79.9. The van der Waals surface area contributed by atoms with E-state index < -0.39 is 6.62 Å². The van der Waals surface area contributed by atoms with Crippen LogP contribution in [0.2, 0.25) is 0 Å². The Hall–Kier alpha value is -2.41. The first kappa shape index (κ1) is 19.9. The molecule has 0 aromatic heterocycles. The maximum absolute atomic E-state index is 10.4. The van der Waals surface area contributed by atoms with Crippen molar-refractivity contribution in [1.29, 1.82) is 0 Å². The van der Waals surface area contributed by atoms with Gasteiger partial charge in [-0.15, -0.1) is 0 Å². The lowest BCUT2D eigenvalue weighted by molar-refractivity contribution is 0.470. The van der Waals surface area contributed by atoms with E-state index in [1.165, 1.54) is 16.7 Å². The maximum atomic E-state index is 10.4. The summed E-state index contributed by atoms with van der Waals surface area (Å²) in [5, 5.41) is 10.1. The minimum Gasteiger partial charge on any atom is -0.508 e. The summed E-state index contributed by atoms with van der Waals surface area (Å²) in [4.78, 5) is 0. The molecule has 0 aliphatic carbocycles. The largest absolute Gasteiger partial charge is 0.508 e. The fourth-order valence-corrected chi connectivity index (χ4v) is 8.62. The van der Waals surface area contributed by atoms with Crippen LogP contribution >= 0.6 is 22.1 Å². The summed E-state index contributed by atoms with van der Waals surface area (Å²) in [5.41, 5.74) is 4.70. The molecular formula is C26H22BrOP. The van der Waals surface area contributed by atoms with Crippen LogP contribution in [-0.4, -0.2) is 5.11 Å². The minimum atomic E-state index is -0.797. The van der Waals surface area contributed by atoms with Crippen LogP contribution in [-0.2, 0) is 11.3 Å². The van der Waals surface area contributed by atoms with Crippen molar-refractivity contribution in [2.45, 2.75) is 11.3 Å². The molecule has 1 unspecified atom stereocenters. The summed E-state index contributed by atoms with van der Waals surface area (Å²) >= 11 is 4.14. The summed E-state index contributed by atoms with van der Waals surface area (Å²) in [7, 11) is 0. The van der Waals surface area contributed by atoms with Gasteiger partial charge < -0.3 is 5.11 Å². The van der Waals surface area contributed by atoms with Crippen molar-refractivity contribution in [3.05, 3.63) is 138 Å². The van der Waals surface area contributed by atoms with Crippen LogP contribution in [0.4, 0.5) is 0 Å². The normalized spacial score (nSPS) is 12.4. The van der Waals surface area contributed by atoms with Crippen molar-refractivity contribution < 1.29 is 5.11 Å². The number of phenols is 1. The van der Waals surface area contributed by atoms with E-state index in [1.807, 2.05) is 18.2 Å². The van der Waals surface area contributed by atoms with Gasteiger partial charge >= 0.3 is 0 Å². The summed E-state index contributed by atoms with van der Waals surface area (Å²) in [6.45, 7) is -0.797. The molecule has 144 valence electrons. The maximum Gasteiger partial charge on any atom is 0.119 e. The second kappa shape index (κ2) is 8.95. The number of hydrogen-bond acceptors (Lipinski definition) is 1. The van der Waals surface area contributed by atoms with Gasteiger partial charge in [-0.1, -0.05) is 125 Å². The SMILES string of the molecule is Oc1ccccc1CP(Br)C(c1ccccc1)(c1ccccc1)c1ccccc1. The lowest BCUT2D eigenvalue weighted by atomic mass is 9.84. The molecule has 0 bridgehead atoms. The Bertz CT molecular complexity index is 955. The highest BCUT2D eigenvalue weighted by Crippen LogP contribution is 2.69. The van der Waals surface area contributed by atoms with Crippen LogP contribution in [0.25, 0.3) is 0 Å². The fraction of sp³-hybridized carbons (Fsp3) is 0.0769. The number of aromatic hydroxyl groups is 1. The number of rotatable bonds is 6. The van der Waals surface area contributed by atoms with Crippen molar-refractivity contribution in [3.63, 3.8) is 0 Å². The van der Waals surface area contributed by atoms with Gasteiger partial charge in [0.2, 0.25) is 0 Å². The van der Waals surface area contributed by atoms with Gasteiger partial charge in [-0.3, -0.25) is 0 Å². The third-order valence-corrected chi connectivity index (χ3v) is 9.71. The van der Waals surface area contributed by atoms with Gasteiger partial charge in [0.05, 0.1) is 5.16 Å². The number of halogens is 1. The number of hydrogen-bond donors (Lipinski definition) is 1. The van der Waals surface area contributed by atoms with E-state index in [-0.39, 0.29) is 5.16 Å². The van der Waals surface area contributed by atoms with E-state index in [0.29, 0.717) is 5.75 Å². The average Bonchev–Trinajstić information content (AvgIpc) is 2.78. The van der Waals surface area contributed by atoms with Crippen molar-refractivity contribution >= 4 is 22.1 Å². The first-order valence-electron chi connectivity index (χ1n) is 9.60. The number of benzene rings is 4. The average molecular weight is 461 g/mol. The van der Waals surface area contributed by atoms with Gasteiger partial charge in [0.1, 0.15) is 5.75 Å². The second-order valence-corrected chi connectivity index (χ2v) is 11.2. The standard InChI is InChI=1S/C26H22BrOP/c27-29(20-21-12-10-11-19-25(21)28)26(22-13-4-1-5-14-22,23-15-6-2-7-16-23)24-17-8-3-9-18-24/h1-19,28H,20H2. The molecule has 0 saturated carbocycles. The Kier molecular flexibility index (Phi) is 6.13. The smallest absolute Gasteiger partial charge is 0.119 e. The lowest BCUT2D eigenvalue weighted by Gasteiger charge is -2.40. The zero-order chi connectivity index (χ0) is 20.1. The van der Waals surface area contributed by atoms with Gasteiger partial charge in [-0.25, -0.2) is 0 Å². The first-order valence-corrected chi connectivity index (χ1v) is 13.1. The van der Waals surface area contributed by atoms with E-state index in [0.717, 1.165) is 11.7 Å². The van der Waals surface area contributed by atoms with Crippen molar-refractivity contribution in [1.82, 2.24) is 0 Å². The molecule has 0 fully saturated rings. The molecule has 1 atom stereocenters. The van der Waals surface area contributed by atoms with Crippen molar-refractivity contribution in [2.24, 2.45) is 0 Å². The highest BCUT2D eigenvalue weighted by molar-refractivity contribution is 9.39. The molecule has 4 aromatic rings. The first-order chi connectivity index (χ1) is 14.2. The molecule has 1 N–H and O–H groups in total. The van der Waals surface area contributed by atoms with E-state index >= 15 is 0 Å². The molecule has 0 radical (unpaired) electrons. The second-order valence-electron chi connectivity index (χ2n) is 6.96. The Labute approximate surface area is 181 Å². The van der Waals surface area contributed by atoms with Crippen LogP contribution in [0, 0.1) is 0 Å². The quantitative estimate of drug-likeness (QED) is 0.231. The van der Waals surface area contributed by atoms with E-state index in [4.69, 9.17) is 0 Å². The van der Waals surface area contributed by atoms with Gasteiger partial charge in [0, 0.05) is 6.16 Å². The molecule has 1 nitrogen and oxygen atoms in total. The highest BCUT2D eigenvalue weighted by Gasteiger charge is 2.42. The molecule has 0 spiro atoms. The number of para-hydroxylation sites is 1. The van der Waals surface area contributed by atoms with Crippen LogP contribution < -0.4 is 0 Å².